The van der Waals surface area contributed by atoms with Crippen LogP contribution in [-0.4, -0.2) is 59.8 Å². The molecule has 6 heterocycles. The van der Waals surface area contributed by atoms with Crippen molar-refractivity contribution < 1.29 is 0 Å². The number of fused-ring (bicyclic) bond motifs is 7. The number of pyridine rings is 3. The van der Waals surface area contributed by atoms with Gasteiger partial charge >= 0.3 is 0 Å². The zero-order valence-corrected chi connectivity index (χ0v) is 73.6. The Balaban J connectivity index is 0.000000116. The SMILES string of the molecule is c1ccc(-c2cccc(-c3cc(-c4ccc(-c5nc(-c6ccccc6)nc(-c6ccccc6)n5)cc4)cc(-c4nccc5ccccc45)c3)c2)cc1.c1ccc2cc(-c3nc(-c4ccc(-c5cccc6ccccc56)cc4)nc(-c4ccc5ccccc5n4)n3)ccc2c1.c1ccc2cc(-c3nc(-c4ccc(-c5cccc6cccnc56)cc4)nc(-c4ccc5ccccc5c4)n3)ccc2c1. The van der Waals surface area contributed by atoms with E-state index in [0.29, 0.717) is 58.1 Å². The van der Waals surface area contributed by atoms with Gasteiger partial charge in [-0.3, -0.25) is 9.97 Å². The second-order valence-corrected chi connectivity index (χ2v) is 33.5. The van der Waals surface area contributed by atoms with E-state index in [1.54, 1.807) is 0 Å². The van der Waals surface area contributed by atoms with Crippen molar-refractivity contribution in [1.82, 2.24) is 59.8 Å². The maximum absolute atomic E-state index is 4.99. The quantitative estimate of drug-likeness (QED) is 0.0959. The van der Waals surface area contributed by atoms with Gasteiger partial charge in [0.2, 0.25) is 0 Å². The van der Waals surface area contributed by atoms with Crippen LogP contribution in [0.25, 0.3) is 245 Å². The van der Waals surface area contributed by atoms with Crippen LogP contribution in [0.4, 0.5) is 0 Å². The van der Waals surface area contributed by atoms with Gasteiger partial charge in [0.25, 0.3) is 0 Å². The largest absolute Gasteiger partial charge is 0.256 e. The third-order valence-corrected chi connectivity index (χ3v) is 24.8. The van der Waals surface area contributed by atoms with Gasteiger partial charge in [-0.15, -0.1) is 0 Å². The minimum Gasteiger partial charge on any atom is -0.256 e. The third-order valence-electron chi connectivity index (χ3n) is 24.8. The Bertz CT molecular complexity index is 8190. The van der Waals surface area contributed by atoms with Crippen LogP contribution < -0.4 is 0 Å². The summed E-state index contributed by atoms with van der Waals surface area (Å²) in [5.74, 6) is 5.64. The van der Waals surface area contributed by atoms with E-state index in [2.05, 4.69) is 381 Å². The Labute approximate surface area is 785 Å². The molecule has 0 spiro atoms. The first-order valence-corrected chi connectivity index (χ1v) is 45.3. The van der Waals surface area contributed by atoms with Crippen LogP contribution >= 0.6 is 0 Å². The number of para-hydroxylation sites is 2. The molecule has 6 aromatic heterocycles. The van der Waals surface area contributed by atoms with Crippen LogP contribution in [0.2, 0.25) is 0 Å². The molecule has 0 saturated carbocycles. The van der Waals surface area contributed by atoms with Crippen LogP contribution in [0.15, 0.2) is 486 Å². The van der Waals surface area contributed by atoms with Gasteiger partial charge in [0.15, 0.2) is 52.4 Å². The number of hydrogen-bond acceptors (Lipinski definition) is 12. The van der Waals surface area contributed by atoms with Crippen LogP contribution in [0.3, 0.4) is 0 Å². The molecule has 0 aliphatic heterocycles. The minimum absolute atomic E-state index is 0.548. The van der Waals surface area contributed by atoms with E-state index in [-0.39, 0.29) is 0 Å². The maximum Gasteiger partial charge on any atom is 0.182 e. The molecule has 0 N–H and O–H groups in total. The Morgan fingerprint density at radius 1 is 0.132 bits per heavy atom. The van der Waals surface area contributed by atoms with Gasteiger partial charge in [0, 0.05) is 84.2 Å². The summed E-state index contributed by atoms with van der Waals surface area (Å²) in [7, 11) is 0. The molecular weight excluding hydrogens is 1660 g/mol. The normalized spacial score (nSPS) is 11.2. The molecule has 0 atom stereocenters. The zero-order valence-electron chi connectivity index (χ0n) is 73.6. The van der Waals surface area contributed by atoms with E-state index < -0.39 is 0 Å². The van der Waals surface area contributed by atoms with Crippen molar-refractivity contribution in [3.05, 3.63) is 486 Å². The standard InChI is InChI=1S/C48H32N4.2C38H24N4/c1-4-13-33(14-5-1)39-20-12-21-40(29-39)42-30-41(31-43(32-42)45-44-22-11-10-15-35(44)27-28-49-45)34-23-25-38(26-24-34)48-51-46(36-16-6-2-7-17-36)50-47(52-48)37-18-8-3-9-19-37;1-3-9-30-23-32(20-14-25(30)7-1)37-40-36(41-38(42-37)33-21-15-26-8-2-4-10-31(26)24-33)29-18-16-27(17-19-29)34-13-5-11-28-12-6-22-39-35(28)34;1-2-11-30-24-31(21-16-25(30)8-1)37-40-36(41-38(42-37)35-23-22-28-10-4-6-15-34(28)39-35)29-19-17-27(18-20-29)33-14-7-12-26-9-3-5-13-32(26)33/h1-32H;2*1-24H. The zero-order chi connectivity index (χ0) is 90.5. The lowest BCUT2D eigenvalue weighted by molar-refractivity contribution is 1.06. The molecule has 0 bridgehead atoms. The van der Waals surface area contributed by atoms with E-state index in [0.717, 1.165) is 143 Å². The smallest absolute Gasteiger partial charge is 0.182 e. The molecule has 636 valence electrons. The van der Waals surface area contributed by atoms with Gasteiger partial charge in [-0.2, -0.15) is 0 Å². The van der Waals surface area contributed by atoms with Gasteiger partial charge in [0.05, 0.1) is 16.7 Å². The highest BCUT2D eigenvalue weighted by Crippen LogP contribution is 2.41. The molecule has 25 rings (SSSR count). The summed E-state index contributed by atoms with van der Waals surface area (Å²) in [5, 5.41) is 13.9. The number of rotatable bonds is 15. The summed E-state index contributed by atoms with van der Waals surface area (Å²) in [5.41, 5.74) is 23.5. The predicted octanol–water partition coefficient (Wildman–Crippen LogP) is 30.9. The molecule has 0 aliphatic rings. The van der Waals surface area contributed by atoms with E-state index >= 15 is 0 Å². The fourth-order valence-corrected chi connectivity index (χ4v) is 17.8. The molecule has 12 nitrogen and oxygen atoms in total. The molecule has 0 unspecified atom stereocenters. The Kier molecular flexibility index (Phi) is 22.2. The van der Waals surface area contributed by atoms with E-state index in [4.69, 9.17) is 54.8 Å². The van der Waals surface area contributed by atoms with Crippen molar-refractivity contribution in [3.8, 4) is 170 Å². The molecule has 0 amide bonds. The fraction of sp³-hybridized carbons (Fsp3) is 0. The first kappa shape index (κ1) is 81.9. The number of hydrogen-bond donors (Lipinski definition) is 0. The predicted molar refractivity (Wildman–Crippen MR) is 557 cm³/mol. The van der Waals surface area contributed by atoms with Crippen LogP contribution in [0.5, 0.6) is 0 Å². The van der Waals surface area contributed by atoms with E-state index in [1.165, 1.54) is 43.6 Å². The molecule has 0 fully saturated rings. The lowest BCUT2D eigenvalue weighted by Gasteiger charge is -2.14. The maximum atomic E-state index is 4.99. The van der Waals surface area contributed by atoms with Crippen LogP contribution in [0, 0.1) is 0 Å². The summed E-state index contributed by atoms with van der Waals surface area (Å²) in [4.78, 5) is 59.0. The fourth-order valence-electron chi connectivity index (χ4n) is 17.8. The summed E-state index contributed by atoms with van der Waals surface area (Å²) in [6.07, 6.45) is 3.74. The molecule has 136 heavy (non-hydrogen) atoms. The second kappa shape index (κ2) is 36.8. The van der Waals surface area contributed by atoms with Crippen molar-refractivity contribution in [3.63, 3.8) is 0 Å². The first-order chi connectivity index (χ1) is 67.3. The number of nitrogens with zero attached hydrogens (tertiary/aromatic N) is 12. The summed E-state index contributed by atoms with van der Waals surface area (Å²) >= 11 is 0. The first-order valence-electron chi connectivity index (χ1n) is 45.3. The Morgan fingerprint density at radius 2 is 0.449 bits per heavy atom. The highest BCUT2D eigenvalue weighted by atomic mass is 15.1. The van der Waals surface area contributed by atoms with E-state index in [1.807, 2.05) is 109 Å². The molecule has 0 aliphatic carbocycles. The highest BCUT2D eigenvalue weighted by molar-refractivity contribution is 6.00. The third kappa shape index (κ3) is 17.2. The summed E-state index contributed by atoms with van der Waals surface area (Å²) in [6, 6.07) is 164. The molecular formula is C124H80N12. The molecule has 12 heteroatoms. The average molecular weight is 1740 g/mol. The second-order valence-electron chi connectivity index (χ2n) is 33.5. The van der Waals surface area contributed by atoms with Gasteiger partial charge in [-0.05, 0) is 165 Å². The Morgan fingerprint density at radius 3 is 0.971 bits per heavy atom. The van der Waals surface area contributed by atoms with Gasteiger partial charge in [-0.1, -0.05) is 406 Å². The van der Waals surface area contributed by atoms with Crippen molar-refractivity contribution in [1.29, 1.82) is 0 Å². The van der Waals surface area contributed by atoms with Gasteiger partial charge in [-0.25, -0.2) is 49.8 Å². The lowest BCUT2D eigenvalue weighted by Crippen LogP contribution is -2.01. The highest BCUT2D eigenvalue weighted by Gasteiger charge is 2.21. The molecule has 0 saturated heterocycles. The van der Waals surface area contributed by atoms with Crippen molar-refractivity contribution >= 4 is 75.7 Å². The van der Waals surface area contributed by atoms with Crippen LogP contribution in [-0.2, 0) is 0 Å². The van der Waals surface area contributed by atoms with Crippen LogP contribution in [0.1, 0.15) is 0 Å². The van der Waals surface area contributed by atoms with Crippen molar-refractivity contribution in [2.45, 2.75) is 0 Å². The number of aromatic nitrogens is 12. The molecule has 19 aromatic carbocycles. The van der Waals surface area contributed by atoms with Crippen molar-refractivity contribution in [2.24, 2.45) is 0 Å². The summed E-state index contributed by atoms with van der Waals surface area (Å²) < 4.78 is 0. The molecule has 25 aromatic rings. The van der Waals surface area contributed by atoms with E-state index in [9.17, 15) is 0 Å². The topological polar surface area (TPSA) is 155 Å². The van der Waals surface area contributed by atoms with Gasteiger partial charge < -0.3 is 0 Å². The minimum atomic E-state index is 0.548. The van der Waals surface area contributed by atoms with Gasteiger partial charge in [0.1, 0.15) is 5.69 Å². The van der Waals surface area contributed by atoms with Crippen molar-refractivity contribution in [2.75, 3.05) is 0 Å². The molecule has 0 radical (unpaired) electrons. The monoisotopic (exact) mass is 1740 g/mol. The Hall–Kier alpha value is -18.5. The lowest BCUT2D eigenvalue weighted by atomic mass is 9.92. The number of benzene rings is 19. The average Bonchev–Trinajstić information content (AvgIpc) is 0.912. The summed E-state index contributed by atoms with van der Waals surface area (Å²) in [6.45, 7) is 0.